The number of rotatable bonds is 18. The summed E-state index contributed by atoms with van der Waals surface area (Å²) in [4.78, 5) is 13.6. The van der Waals surface area contributed by atoms with Gasteiger partial charge in [-0.2, -0.15) is 0 Å². The Labute approximate surface area is 293 Å². The molecule has 2 nitrogen and oxygen atoms in total. The molecule has 0 aromatic heterocycles. The lowest BCUT2D eigenvalue weighted by Gasteiger charge is -2.38. The minimum absolute atomic E-state index is 0.259. The molecule has 48 heavy (non-hydrogen) atoms. The van der Waals surface area contributed by atoms with E-state index in [1.807, 2.05) is 18.2 Å². The van der Waals surface area contributed by atoms with Gasteiger partial charge in [-0.15, -0.1) is 0 Å². The summed E-state index contributed by atoms with van der Waals surface area (Å²) in [5.74, 6) is 1.81. The molecule has 0 aliphatic heterocycles. The third kappa shape index (κ3) is 9.83. The largest absolute Gasteiger partial charge is 0.489 e. The van der Waals surface area contributed by atoms with Crippen LogP contribution in [0.5, 0.6) is 0 Å². The Morgan fingerprint density at radius 2 is 1.12 bits per heavy atom. The summed E-state index contributed by atoms with van der Waals surface area (Å²) in [5, 5.41) is 0. The zero-order chi connectivity index (χ0) is 34.7. The second-order valence-corrected chi connectivity index (χ2v) is 15.2. The van der Waals surface area contributed by atoms with Gasteiger partial charge in [0.1, 0.15) is 12.4 Å². The van der Waals surface area contributed by atoms with Crippen molar-refractivity contribution < 1.29 is 9.53 Å². The minimum Gasteiger partial charge on any atom is -0.489 e. The van der Waals surface area contributed by atoms with Gasteiger partial charge in [-0.05, 0) is 144 Å². The monoisotopic (exact) mass is 646 g/mol. The van der Waals surface area contributed by atoms with Crippen molar-refractivity contribution in [3.05, 3.63) is 123 Å². The Morgan fingerprint density at radius 3 is 1.62 bits per heavy atom. The number of carbonyl (C=O) groups excluding carboxylic acids is 1. The lowest BCUT2D eigenvalue weighted by molar-refractivity contribution is 0.0819. The molecule has 0 radical (unpaired) electrons. The van der Waals surface area contributed by atoms with Gasteiger partial charge in [-0.3, -0.25) is 4.79 Å². The van der Waals surface area contributed by atoms with E-state index in [-0.39, 0.29) is 11.7 Å². The van der Waals surface area contributed by atoms with Gasteiger partial charge in [0.05, 0.1) is 5.41 Å². The number of carbonyl (C=O) groups is 1. The van der Waals surface area contributed by atoms with Crippen LogP contribution in [0.2, 0.25) is 0 Å². The quantitative estimate of drug-likeness (QED) is 0.148. The zero-order valence-electron chi connectivity index (χ0n) is 31.4. The van der Waals surface area contributed by atoms with E-state index in [1.165, 1.54) is 51.9 Å². The zero-order valence-corrected chi connectivity index (χ0v) is 31.4. The predicted octanol–water partition coefficient (Wildman–Crippen LogP) is 13.4. The van der Waals surface area contributed by atoms with E-state index in [9.17, 15) is 4.79 Å². The fraction of sp³-hybridized carbons (Fsp3) is 0.500. The summed E-state index contributed by atoms with van der Waals surface area (Å²) in [6, 6.07) is 8.02. The number of ketones is 1. The first-order valence-corrected chi connectivity index (χ1v) is 18.6. The standard InChI is InChI=1S/C46H62O2/c1-33(2)16-11-17-34(3)18-12-19-35(4)20-13-21-36(5)22-14-23-37(6)24-15-25-38(7)30-31-48-44-41-26-9-10-27-42(41)45(47)46(8)40-29-28-39(32-40)43(44)46/h9-10,16,18,20,22,24,26-30,39-40H,11-15,17,19,21,23,25,31-32H2,1-8H3/b34-18+,35-20+,36-22+,37-24+,38-30+. The van der Waals surface area contributed by atoms with Crippen molar-refractivity contribution in [3.63, 3.8) is 0 Å². The average Bonchev–Trinajstić information content (AvgIpc) is 3.64. The molecule has 0 heterocycles. The first-order valence-electron chi connectivity index (χ1n) is 18.6. The third-order valence-electron chi connectivity index (χ3n) is 10.8. The van der Waals surface area contributed by atoms with Crippen molar-refractivity contribution in [2.45, 2.75) is 126 Å². The van der Waals surface area contributed by atoms with Gasteiger partial charge in [0.2, 0.25) is 0 Å². The molecule has 0 N–H and O–H groups in total. The highest BCUT2D eigenvalue weighted by molar-refractivity contribution is 6.10. The van der Waals surface area contributed by atoms with Crippen LogP contribution in [0.15, 0.2) is 112 Å². The van der Waals surface area contributed by atoms with Crippen LogP contribution in [0.1, 0.15) is 142 Å². The summed E-state index contributed by atoms with van der Waals surface area (Å²) in [6.07, 6.45) is 31.1. The Kier molecular flexibility index (Phi) is 13.9. The average molecular weight is 647 g/mol. The maximum atomic E-state index is 13.6. The molecule has 1 fully saturated rings. The van der Waals surface area contributed by atoms with Crippen LogP contribution < -0.4 is 0 Å². The van der Waals surface area contributed by atoms with E-state index < -0.39 is 5.41 Å². The Bertz CT molecular complexity index is 1540. The van der Waals surface area contributed by atoms with Gasteiger partial charge in [0.15, 0.2) is 5.78 Å². The van der Waals surface area contributed by atoms with E-state index in [1.54, 1.807) is 0 Å². The minimum atomic E-state index is -0.462. The summed E-state index contributed by atoms with van der Waals surface area (Å²) in [7, 11) is 0. The third-order valence-corrected chi connectivity index (χ3v) is 10.8. The van der Waals surface area contributed by atoms with Crippen molar-refractivity contribution >= 4 is 11.5 Å². The molecule has 4 rings (SSSR count). The molecule has 3 atom stereocenters. The van der Waals surface area contributed by atoms with Gasteiger partial charge in [0, 0.05) is 17.0 Å². The normalized spacial score (nSPS) is 22.8. The lowest BCUT2D eigenvalue weighted by Crippen LogP contribution is -2.38. The first-order chi connectivity index (χ1) is 23.0. The van der Waals surface area contributed by atoms with Crippen molar-refractivity contribution in [2.75, 3.05) is 6.61 Å². The van der Waals surface area contributed by atoms with Crippen LogP contribution >= 0.6 is 0 Å². The van der Waals surface area contributed by atoms with Crippen molar-refractivity contribution in [1.82, 2.24) is 0 Å². The second-order valence-electron chi connectivity index (χ2n) is 15.2. The van der Waals surface area contributed by atoms with Crippen molar-refractivity contribution in [3.8, 4) is 0 Å². The maximum absolute atomic E-state index is 13.6. The Hall–Kier alpha value is -3.39. The number of hydrogen-bond acceptors (Lipinski definition) is 2. The van der Waals surface area contributed by atoms with E-state index >= 15 is 0 Å². The van der Waals surface area contributed by atoms with Crippen LogP contribution in [0.3, 0.4) is 0 Å². The van der Waals surface area contributed by atoms with Crippen molar-refractivity contribution in [2.24, 2.45) is 17.3 Å². The molecule has 2 heteroatoms. The smallest absolute Gasteiger partial charge is 0.174 e. The van der Waals surface area contributed by atoms with E-state index in [0.29, 0.717) is 12.5 Å². The number of ether oxygens (including phenoxy) is 1. The summed E-state index contributed by atoms with van der Waals surface area (Å²) in [6.45, 7) is 18.3. The molecular weight excluding hydrogens is 585 g/mol. The molecule has 2 bridgehead atoms. The SMILES string of the molecule is CC(C)=CCC/C(C)=C/CC/C(C)=C/CC/C(C)=C/CC/C(C)=C/CC/C(C)=C/COC1=C2C3C=CC(C3)C2(C)C(=O)c2ccccc21. The second kappa shape index (κ2) is 17.8. The first kappa shape index (κ1) is 37.4. The van der Waals surface area contributed by atoms with E-state index in [0.717, 1.165) is 74.7 Å². The van der Waals surface area contributed by atoms with Gasteiger partial charge in [-0.25, -0.2) is 0 Å². The van der Waals surface area contributed by atoms with Gasteiger partial charge >= 0.3 is 0 Å². The maximum Gasteiger partial charge on any atom is 0.174 e. The Balaban J connectivity index is 1.16. The summed E-state index contributed by atoms with van der Waals surface area (Å²) >= 11 is 0. The predicted molar refractivity (Wildman–Crippen MR) is 207 cm³/mol. The number of hydrogen-bond donors (Lipinski definition) is 0. The summed E-state index contributed by atoms with van der Waals surface area (Å²) < 4.78 is 6.54. The van der Waals surface area contributed by atoms with Gasteiger partial charge < -0.3 is 4.74 Å². The molecule has 0 amide bonds. The number of Topliss-reactive ketones (excluding diaryl/α,β-unsaturated/α-hetero) is 1. The van der Waals surface area contributed by atoms with Gasteiger partial charge in [0.25, 0.3) is 0 Å². The molecule has 0 spiro atoms. The molecule has 1 aromatic carbocycles. The van der Waals surface area contributed by atoms with Crippen LogP contribution in [-0.2, 0) is 4.74 Å². The molecule has 1 aromatic rings. The van der Waals surface area contributed by atoms with E-state index in [2.05, 4.69) is 110 Å². The fourth-order valence-corrected chi connectivity index (χ4v) is 7.63. The molecule has 0 saturated heterocycles. The molecule has 3 aliphatic carbocycles. The molecule has 1 saturated carbocycles. The van der Waals surface area contributed by atoms with Crippen LogP contribution in [-0.4, -0.2) is 12.4 Å². The van der Waals surface area contributed by atoms with Gasteiger partial charge in [-0.1, -0.05) is 100 Å². The highest BCUT2D eigenvalue weighted by Gasteiger charge is 2.58. The lowest BCUT2D eigenvalue weighted by atomic mass is 9.65. The highest BCUT2D eigenvalue weighted by atomic mass is 16.5. The fourth-order valence-electron chi connectivity index (χ4n) is 7.63. The number of allylic oxidation sites excluding steroid dienone is 14. The summed E-state index contributed by atoms with van der Waals surface area (Å²) in [5.41, 5.74) is 11.3. The van der Waals surface area contributed by atoms with E-state index in [4.69, 9.17) is 4.74 Å². The van der Waals surface area contributed by atoms with Crippen LogP contribution in [0.4, 0.5) is 0 Å². The van der Waals surface area contributed by atoms with Crippen molar-refractivity contribution in [1.29, 1.82) is 0 Å². The molecular formula is C46H62O2. The Morgan fingerprint density at radius 1 is 0.667 bits per heavy atom. The van der Waals surface area contributed by atoms with Crippen LogP contribution in [0.25, 0.3) is 5.76 Å². The van der Waals surface area contributed by atoms with Crippen LogP contribution in [0, 0.1) is 17.3 Å². The topological polar surface area (TPSA) is 26.3 Å². The number of fused-ring (bicyclic) bond motifs is 6. The molecule has 258 valence electrons. The number of benzene rings is 1. The molecule has 3 aliphatic rings. The molecule has 3 unspecified atom stereocenters. The highest BCUT2D eigenvalue weighted by Crippen LogP contribution is 2.61.